The van der Waals surface area contributed by atoms with Crippen molar-refractivity contribution >= 4 is 67.6 Å². The Balaban J connectivity index is 0.000000120. The van der Waals surface area contributed by atoms with E-state index < -0.39 is 37.5 Å². The number of sulfone groups is 1. The van der Waals surface area contributed by atoms with Crippen LogP contribution < -0.4 is 28.4 Å². The molecule has 25 nitrogen and oxygen atoms in total. The predicted octanol–water partition coefficient (Wildman–Crippen LogP) is 17.2. The van der Waals surface area contributed by atoms with E-state index in [1.165, 1.54) is 12.1 Å². The third-order valence-electron chi connectivity index (χ3n) is 26.0. The summed E-state index contributed by atoms with van der Waals surface area (Å²) < 4.78 is 69.6. The molecule has 0 saturated carbocycles. The van der Waals surface area contributed by atoms with Crippen molar-refractivity contribution in [1.29, 1.82) is 5.26 Å². The van der Waals surface area contributed by atoms with E-state index in [0.717, 1.165) is 122 Å². The molecule has 0 unspecified atom stereocenters. The van der Waals surface area contributed by atoms with Gasteiger partial charge in [0.1, 0.15) is 63.2 Å². The van der Waals surface area contributed by atoms with E-state index >= 15 is 0 Å². The number of halogens is 2. The molecule has 1 N–H and O–H groups in total. The van der Waals surface area contributed by atoms with Crippen molar-refractivity contribution in [3.05, 3.63) is 297 Å². The summed E-state index contributed by atoms with van der Waals surface area (Å²) in [5.74, 6) is 4.23. The van der Waals surface area contributed by atoms with Crippen LogP contribution in [0.15, 0.2) is 230 Å². The van der Waals surface area contributed by atoms with Crippen LogP contribution in [0, 0.1) is 18.3 Å². The van der Waals surface area contributed by atoms with Gasteiger partial charge < -0.3 is 57.7 Å². The zero-order valence-electron chi connectivity index (χ0n) is 71.3. The molecule has 650 valence electrons. The van der Waals surface area contributed by atoms with Crippen LogP contribution in [-0.4, -0.2) is 162 Å². The van der Waals surface area contributed by atoms with Crippen molar-refractivity contribution in [3.63, 3.8) is 0 Å². The number of hydrogen-bond acceptors (Lipinski definition) is 17. The number of aliphatic hydroxyl groups excluding tert-OH is 1. The SMILES string of the molecule is CC(C)S(=O)(=O)c1ccc(C(=O)N2CCC3(CC2)Oc2cc(CO)ccc2-n2c(C#N)ccc23)cc1.COc1cc(Cl)ccc1C(=O)N1CCC2(CC1)Oc1cc(Cl)ccc1-n1cccc12.COc1ccc(C(=O)N2CCC3(CC2)Oc2ccccc2-c2c3cnn2C)cc1C.Cn1ncc2c1-c1ccccc1OC21CCN(C(=O)c2ccc3ccccc3n2)CC1.[HH]. The molecule has 0 bridgehead atoms. The molecule has 13 aromatic rings. The molecular weight excluding hydrogens is 1670 g/mol. The van der Waals surface area contributed by atoms with Gasteiger partial charge in [-0.1, -0.05) is 77.8 Å². The zero-order chi connectivity index (χ0) is 88.4. The van der Waals surface area contributed by atoms with E-state index in [1.54, 1.807) is 75.4 Å². The standard InChI is InChI=1S/C27H27N3O5S.C25H22N4O2.C24H25N3O3.C23H20Cl2N2O3.H2/c1-18(2)36(33,34)22-7-4-20(5-8-22)26(32)29-13-11-27(12-14-29)25-10-6-21(16-28)30(25)23-9-3-19(17-31)15-24(23)35-27;1-28-23-18-7-3-5-9-22(18)31-25(19(23)16-26-28)12-14-29(15-13-25)24(30)21-11-10-17-6-2-4-8-20(17)27-21;1-16-14-17(8-9-20(16)29-3)23(28)27-12-10-24(11-13-27)19-15-25-26(2)22(19)18-6-4-5-7-21(18)30-24;1-29-19-13-15(24)4-6-17(19)22(28)26-11-8-23(9-12-26)21-3-2-10-27(21)18-7-5-16(25)14-20(18)30-23;/h3-10,15,18,31H,11-14,17H2,1-2H3;2-11,16H,12-15H2,1H3;4-9,14-15H,10-13H2,1-3H3;2-7,10,13-14H,8-9,11-12H2,1H3;1H. The van der Waals surface area contributed by atoms with Gasteiger partial charge in [0.15, 0.2) is 21.0 Å². The summed E-state index contributed by atoms with van der Waals surface area (Å²) in [5, 5.41) is 30.0. The summed E-state index contributed by atoms with van der Waals surface area (Å²) in [6.07, 6.45) is 11.2. The van der Waals surface area contributed by atoms with Crippen LogP contribution in [0.25, 0.3) is 44.8 Å². The molecule has 4 spiro atoms. The molecule has 28 heteroatoms. The van der Waals surface area contributed by atoms with E-state index in [-0.39, 0.29) is 36.6 Å². The number of carbonyl (C=O) groups is 4. The summed E-state index contributed by atoms with van der Waals surface area (Å²) in [5.41, 5.74) is 13.4. The second kappa shape index (κ2) is 34.0. The van der Waals surface area contributed by atoms with Crippen LogP contribution in [0.3, 0.4) is 0 Å². The highest BCUT2D eigenvalue weighted by atomic mass is 35.5. The minimum atomic E-state index is -3.40. The number of benzene rings is 8. The molecule has 4 amide bonds. The smallest absolute Gasteiger partial charge is 0.272 e. The fraction of sp³-hybridized carbons (Fsp3) is 0.293. The Hall–Kier alpha value is -13.2. The Labute approximate surface area is 747 Å². The Morgan fingerprint density at radius 3 is 1.61 bits per heavy atom. The number of likely N-dealkylation sites (tertiary alicyclic amines) is 4. The fourth-order valence-corrected chi connectivity index (χ4v) is 20.5. The molecule has 8 aliphatic rings. The van der Waals surface area contributed by atoms with Gasteiger partial charge in [-0.25, -0.2) is 13.4 Å². The fourth-order valence-electron chi connectivity index (χ4n) is 19.1. The molecular formula is C99H96Cl2N12O13S. The number of aromatic nitrogens is 7. The van der Waals surface area contributed by atoms with Gasteiger partial charge in [-0.3, -0.25) is 33.1 Å². The number of aliphatic hydroxyl groups is 1. The number of nitriles is 1. The average Bonchev–Trinajstić information content (AvgIpc) is 1.41. The van der Waals surface area contributed by atoms with Crippen molar-refractivity contribution in [3.8, 4) is 74.5 Å². The number of para-hydroxylation sites is 3. The number of aryl methyl sites for hydroxylation is 3. The second-order valence-corrected chi connectivity index (χ2v) is 36.9. The summed E-state index contributed by atoms with van der Waals surface area (Å²) in [7, 11) is 3.72. The Morgan fingerprint density at radius 2 is 1.03 bits per heavy atom. The molecule has 21 rings (SSSR count). The molecule has 4 saturated heterocycles. The van der Waals surface area contributed by atoms with Crippen LogP contribution in [0.4, 0.5) is 0 Å². The second-order valence-electron chi connectivity index (χ2n) is 33.5. The molecule has 8 aromatic carbocycles. The summed E-state index contributed by atoms with van der Waals surface area (Å²) >= 11 is 12.3. The number of amides is 4. The normalized spacial score (nSPS) is 16.5. The van der Waals surface area contributed by atoms with E-state index in [2.05, 4.69) is 44.0 Å². The third-order valence-corrected chi connectivity index (χ3v) is 28.6. The summed E-state index contributed by atoms with van der Waals surface area (Å²) in [6, 6.07) is 65.9. The van der Waals surface area contributed by atoms with Crippen LogP contribution >= 0.6 is 23.2 Å². The minimum Gasteiger partial charge on any atom is -0.496 e. The van der Waals surface area contributed by atoms with Crippen LogP contribution in [-0.2, 0) is 52.9 Å². The number of carbonyl (C=O) groups excluding carboxylic acids is 4. The lowest BCUT2D eigenvalue weighted by molar-refractivity contribution is -0.00989. The lowest BCUT2D eigenvalue weighted by Crippen LogP contribution is -2.50. The minimum absolute atomic E-state index is 0. The zero-order valence-corrected chi connectivity index (χ0v) is 73.7. The maximum absolute atomic E-state index is 13.2. The number of piperidine rings is 4. The van der Waals surface area contributed by atoms with Crippen molar-refractivity contribution in [2.75, 3.05) is 66.6 Å². The number of methoxy groups -OCH3 is 2. The first-order valence-electron chi connectivity index (χ1n) is 42.6. The van der Waals surface area contributed by atoms with Crippen LogP contribution in [0.5, 0.6) is 34.5 Å². The maximum Gasteiger partial charge on any atom is 0.272 e. The number of ether oxygens (including phenoxy) is 6. The number of hydrogen-bond donors (Lipinski definition) is 1. The third kappa shape index (κ3) is 15.4. The van der Waals surface area contributed by atoms with Crippen molar-refractivity contribution in [1.82, 2.24) is 53.3 Å². The van der Waals surface area contributed by atoms with Gasteiger partial charge in [0.25, 0.3) is 23.6 Å². The molecule has 127 heavy (non-hydrogen) atoms. The number of pyridine rings is 1. The van der Waals surface area contributed by atoms with E-state index in [0.29, 0.717) is 133 Å². The van der Waals surface area contributed by atoms with Crippen LogP contribution in [0.2, 0.25) is 10.0 Å². The highest BCUT2D eigenvalue weighted by Crippen LogP contribution is 2.53. The molecule has 0 aliphatic carbocycles. The Kier molecular flexibility index (Phi) is 22.6. The summed E-state index contributed by atoms with van der Waals surface area (Å²) in [4.78, 5) is 64.8. The lowest BCUT2D eigenvalue weighted by Gasteiger charge is -2.45. The van der Waals surface area contributed by atoms with Gasteiger partial charge in [-0.15, -0.1) is 0 Å². The van der Waals surface area contributed by atoms with Gasteiger partial charge in [0, 0.05) is 180 Å². The Bertz CT molecular complexity index is 6640. The van der Waals surface area contributed by atoms with Gasteiger partial charge >= 0.3 is 0 Å². The lowest BCUT2D eigenvalue weighted by atomic mass is 9.81. The van der Waals surface area contributed by atoms with E-state index in [9.17, 15) is 38.0 Å². The average molecular weight is 1760 g/mol. The number of rotatable bonds is 9. The largest absolute Gasteiger partial charge is 0.496 e. The molecule has 4 fully saturated rings. The molecule has 0 radical (unpaired) electrons. The summed E-state index contributed by atoms with van der Waals surface area (Å²) in [6.45, 7) is 9.63. The first-order valence-corrected chi connectivity index (χ1v) is 44.9. The van der Waals surface area contributed by atoms with Gasteiger partial charge in [-0.05, 0) is 177 Å². The predicted molar refractivity (Wildman–Crippen MR) is 483 cm³/mol. The molecule has 5 aromatic heterocycles. The van der Waals surface area contributed by atoms with Crippen molar-refractivity contribution in [2.45, 2.75) is 111 Å². The topological polar surface area (TPSA) is 273 Å². The maximum atomic E-state index is 13.2. The monoisotopic (exact) mass is 1760 g/mol. The highest BCUT2D eigenvalue weighted by molar-refractivity contribution is 7.92. The molecule has 0 atom stereocenters. The van der Waals surface area contributed by atoms with Crippen LogP contribution in [0.1, 0.15) is 148 Å². The van der Waals surface area contributed by atoms with E-state index in [4.69, 9.17) is 51.6 Å². The van der Waals surface area contributed by atoms with Crippen molar-refractivity contribution in [2.24, 2.45) is 14.1 Å². The first kappa shape index (κ1) is 84.6. The first-order chi connectivity index (χ1) is 61.4. The van der Waals surface area contributed by atoms with Gasteiger partial charge in [-0.2, -0.15) is 15.5 Å². The quantitative estimate of drug-likeness (QED) is 0.141. The number of fused-ring (bicyclic) bond motifs is 17. The van der Waals surface area contributed by atoms with E-state index in [1.807, 2.05) is 202 Å². The van der Waals surface area contributed by atoms with Gasteiger partial charge in [0.05, 0.1) is 88.6 Å². The van der Waals surface area contributed by atoms with Gasteiger partial charge in [0.2, 0.25) is 0 Å². The highest BCUT2D eigenvalue weighted by Gasteiger charge is 2.51. The van der Waals surface area contributed by atoms with Crippen molar-refractivity contribution < 1.29 is 62.6 Å². The molecule has 13 heterocycles. The number of nitrogens with zero attached hydrogens (tertiary/aromatic N) is 12. The molecule has 8 aliphatic heterocycles. The Morgan fingerprint density at radius 1 is 0.520 bits per heavy atom.